The molecule has 2 aliphatic heterocycles. The van der Waals surface area contributed by atoms with E-state index in [0.29, 0.717) is 26.2 Å². The molecule has 3 fully saturated rings. The van der Waals surface area contributed by atoms with Crippen molar-refractivity contribution in [2.45, 2.75) is 63.3 Å². The molecule has 0 radical (unpaired) electrons. The number of benzene rings is 1. The molecule has 1 saturated carbocycles. The molecule has 2 heterocycles. The maximum Gasteiger partial charge on any atom is 0.157 e. The van der Waals surface area contributed by atoms with Gasteiger partial charge in [-0.15, -0.1) is 6.58 Å². The molecule has 1 aromatic rings. The number of hydrogen-bond donors (Lipinski definition) is 1. The number of rotatable bonds is 7. The zero-order valence-corrected chi connectivity index (χ0v) is 16.7. The van der Waals surface area contributed by atoms with Gasteiger partial charge in [0.2, 0.25) is 0 Å². The van der Waals surface area contributed by atoms with Gasteiger partial charge in [-0.05, 0) is 24.8 Å². The summed E-state index contributed by atoms with van der Waals surface area (Å²) in [4.78, 5) is 0. The minimum absolute atomic E-state index is 0.100. The second kappa shape index (κ2) is 8.25. The Bertz CT molecular complexity index is 658. The molecule has 4 rings (SSSR count). The second-order valence-corrected chi connectivity index (χ2v) is 8.56. The van der Waals surface area contributed by atoms with Gasteiger partial charge in [-0.25, -0.2) is 0 Å². The van der Waals surface area contributed by atoms with Crippen LogP contribution in [0.4, 0.5) is 0 Å². The fraction of sp³-hybridized carbons (Fsp3) is 0.652. The highest BCUT2D eigenvalue weighted by atomic mass is 16.7. The molecule has 5 heteroatoms. The third-order valence-corrected chi connectivity index (χ3v) is 6.87. The van der Waals surface area contributed by atoms with Gasteiger partial charge in [0.05, 0.1) is 32.0 Å². The van der Waals surface area contributed by atoms with Gasteiger partial charge in [0.1, 0.15) is 5.60 Å². The van der Waals surface area contributed by atoms with Crippen molar-refractivity contribution >= 4 is 0 Å². The zero-order valence-electron chi connectivity index (χ0n) is 16.7. The number of fused-ring (bicyclic) bond motifs is 1. The molecule has 0 bridgehead atoms. The quantitative estimate of drug-likeness (QED) is 0.725. The van der Waals surface area contributed by atoms with Crippen molar-refractivity contribution in [2.24, 2.45) is 11.3 Å². The molecule has 1 aliphatic carbocycles. The van der Waals surface area contributed by atoms with E-state index in [0.717, 1.165) is 31.4 Å². The topological polar surface area (TPSA) is 57.2 Å². The summed E-state index contributed by atoms with van der Waals surface area (Å²) < 4.78 is 23.9. The van der Waals surface area contributed by atoms with E-state index in [9.17, 15) is 5.11 Å². The van der Waals surface area contributed by atoms with Gasteiger partial charge in [0, 0.05) is 24.4 Å². The van der Waals surface area contributed by atoms with Crippen LogP contribution in [0.1, 0.15) is 38.2 Å². The standard InChI is InChI=1S/C23H32O5/c1-3-22(2)18(15-27-21-11-7-8-12-25-21)23(24)16-28-20(23)13-19(22)26-14-17-9-5-4-6-10-17/h3-6,9-10,18-21,24H,1,7-8,11-16H2,2H3/t18-,19-,20+,21?,22-,23+/m0/s1. The van der Waals surface area contributed by atoms with E-state index in [4.69, 9.17) is 18.9 Å². The summed E-state index contributed by atoms with van der Waals surface area (Å²) in [6.45, 7) is 8.25. The fourth-order valence-electron chi connectivity index (χ4n) is 4.84. The molecule has 1 aromatic carbocycles. The highest BCUT2D eigenvalue weighted by molar-refractivity contribution is 5.19. The Morgan fingerprint density at radius 3 is 2.68 bits per heavy atom. The fourth-order valence-corrected chi connectivity index (χ4v) is 4.84. The van der Waals surface area contributed by atoms with Crippen LogP contribution in [0.2, 0.25) is 0 Å². The van der Waals surface area contributed by atoms with Crippen LogP contribution in [0.5, 0.6) is 0 Å². The van der Waals surface area contributed by atoms with Crippen LogP contribution in [0.25, 0.3) is 0 Å². The van der Waals surface area contributed by atoms with Gasteiger partial charge in [-0.1, -0.05) is 43.3 Å². The van der Waals surface area contributed by atoms with Crippen molar-refractivity contribution in [3.63, 3.8) is 0 Å². The van der Waals surface area contributed by atoms with Crippen LogP contribution < -0.4 is 0 Å². The van der Waals surface area contributed by atoms with Gasteiger partial charge < -0.3 is 24.1 Å². The molecular weight excluding hydrogens is 356 g/mol. The lowest BCUT2D eigenvalue weighted by Gasteiger charge is -2.61. The zero-order chi connectivity index (χ0) is 19.6. The molecule has 1 unspecified atom stereocenters. The summed E-state index contributed by atoms with van der Waals surface area (Å²) >= 11 is 0. The predicted octanol–water partition coefficient (Wildman–Crippen LogP) is 3.46. The summed E-state index contributed by atoms with van der Waals surface area (Å²) in [6.07, 6.45) is 5.20. The lowest BCUT2D eigenvalue weighted by molar-refractivity contribution is -0.327. The molecule has 0 spiro atoms. The number of hydrogen-bond acceptors (Lipinski definition) is 5. The lowest BCUT2D eigenvalue weighted by Crippen LogP contribution is -2.72. The van der Waals surface area contributed by atoms with E-state index in [2.05, 4.69) is 25.6 Å². The van der Waals surface area contributed by atoms with Crippen LogP contribution in [0.3, 0.4) is 0 Å². The summed E-state index contributed by atoms with van der Waals surface area (Å²) in [5, 5.41) is 11.3. The minimum Gasteiger partial charge on any atom is -0.384 e. The van der Waals surface area contributed by atoms with E-state index in [1.54, 1.807) is 0 Å². The molecule has 3 aliphatic rings. The Morgan fingerprint density at radius 1 is 1.21 bits per heavy atom. The van der Waals surface area contributed by atoms with Gasteiger partial charge in [-0.2, -0.15) is 0 Å². The molecule has 1 N–H and O–H groups in total. The van der Waals surface area contributed by atoms with Gasteiger partial charge >= 0.3 is 0 Å². The largest absolute Gasteiger partial charge is 0.384 e. The van der Waals surface area contributed by atoms with E-state index in [1.807, 2.05) is 24.3 Å². The van der Waals surface area contributed by atoms with Gasteiger partial charge in [-0.3, -0.25) is 0 Å². The molecule has 154 valence electrons. The molecule has 5 nitrogen and oxygen atoms in total. The Hall–Kier alpha value is -1.24. The first-order chi connectivity index (χ1) is 13.6. The van der Waals surface area contributed by atoms with E-state index in [-0.39, 0.29) is 24.4 Å². The normalized spacial score (nSPS) is 40.4. The minimum atomic E-state index is -0.899. The second-order valence-electron chi connectivity index (χ2n) is 8.56. The monoisotopic (exact) mass is 388 g/mol. The molecule has 0 aromatic heterocycles. The van der Waals surface area contributed by atoms with Gasteiger partial charge in [0.25, 0.3) is 0 Å². The maximum absolute atomic E-state index is 11.3. The average Bonchev–Trinajstić information content (AvgIpc) is 2.73. The van der Waals surface area contributed by atoms with Crippen molar-refractivity contribution in [1.82, 2.24) is 0 Å². The first-order valence-electron chi connectivity index (χ1n) is 10.4. The number of aliphatic hydroxyl groups is 1. The predicted molar refractivity (Wildman–Crippen MR) is 106 cm³/mol. The molecule has 6 atom stereocenters. The Kier molecular flexibility index (Phi) is 5.91. The molecular formula is C23H32O5. The maximum atomic E-state index is 11.3. The highest BCUT2D eigenvalue weighted by Gasteiger charge is 2.64. The SMILES string of the molecule is C=C[C@]1(C)[C@@H](OCc2ccccc2)C[C@H]2OC[C@@]2(O)[C@H]1COC1CCCCO1. The van der Waals surface area contributed by atoms with Crippen molar-refractivity contribution < 1.29 is 24.1 Å². The summed E-state index contributed by atoms with van der Waals surface area (Å²) in [5.74, 6) is -0.156. The van der Waals surface area contributed by atoms with Crippen LogP contribution in [0.15, 0.2) is 43.0 Å². The van der Waals surface area contributed by atoms with E-state index in [1.165, 1.54) is 0 Å². The van der Waals surface area contributed by atoms with Crippen LogP contribution in [-0.4, -0.2) is 49.0 Å². The smallest absolute Gasteiger partial charge is 0.157 e. The first kappa shape index (κ1) is 20.0. The third kappa shape index (κ3) is 3.66. The van der Waals surface area contributed by atoms with E-state index >= 15 is 0 Å². The van der Waals surface area contributed by atoms with Crippen LogP contribution in [-0.2, 0) is 25.6 Å². The highest BCUT2D eigenvalue weighted by Crippen LogP contribution is 2.53. The average molecular weight is 389 g/mol. The summed E-state index contributed by atoms with van der Waals surface area (Å²) in [5.41, 5.74) is -0.185. The summed E-state index contributed by atoms with van der Waals surface area (Å²) in [7, 11) is 0. The summed E-state index contributed by atoms with van der Waals surface area (Å²) in [6, 6.07) is 10.2. The van der Waals surface area contributed by atoms with Gasteiger partial charge in [0.15, 0.2) is 6.29 Å². The lowest BCUT2D eigenvalue weighted by atomic mass is 9.56. The van der Waals surface area contributed by atoms with Crippen LogP contribution >= 0.6 is 0 Å². The van der Waals surface area contributed by atoms with Crippen molar-refractivity contribution in [3.05, 3.63) is 48.6 Å². The van der Waals surface area contributed by atoms with Crippen molar-refractivity contribution in [2.75, 3.05) is 19.8 Å². The van der Waals surface area contributed by atoms with Crippen molar-refractivity contribution in [1.29, 1.82) is 0 Å². The molecule has 2 saturated heterocycles. The van der Waals surface area contributed by atoms with Crippen molar-refractivity contribution in [3.8, 4) is 0 Å². The Labute approximate surface area is 167 Å². The first-order valence-corrected chi connectivity index (χ1v) is 10.4. The molecule has 0 amide bonds. The molecule has 28 heavy (non-hydrogen) atoms. The third-order valence-electron chi connectivity index (χ3n) is 6.87. The van der Waals surface area contributed by atoms with E-state index < -0.39 is 11.0 Å². The Balaban J connectivity index is 1.49. The number of ether oxygens (including phenoxy) is 4. The van der Waals surface area contributed by atoms with Crippen LogP contribution in [0, 0.1) is 11.3 Å². The Morgan fingerprint density at radius 2 is 2.04 bits per heavy atom.